The van der Waals surface area contributed by atoms with Gasteiger partial charge in [0.05, 0.1) is 30.6 Å². The number of hydrogen-bond acceptors (Lipinski definition) is 10. The Bertz CT molecular complexity index is 1710. The molecule has 0 amide bonds. The molecule has 2 N–H and O–H groups in total. The van der Waals surface area contributed by atoms with E-state index >= 15 is 0 Å². The number of anilines is 1. The zero-order chi connectivity index (χ0) is 32.9. The summed E-state index contributed by atoms with van der Waals surface area (Å²) in [7, 11) is -4.10. The Balaban J connectivity index is 1.10. The highest BCUT2D eigenvalue weighted by Gasteiger charge is 2.56. The largest absolute Gasteiger partial charge is 0.462 e. The standard InChI is InChI=1S/C34H42FN3O8S/c1-19(2)15-38(47(41,42)25-8-9-28-30(14-25)45-34(37-28)36-24-6-7-24)16-29(39)21(10-20-4-3-5-23(35)11-20)13-31(40)46-32-22-12-26-27(32)18-44-33(26)43-17-22/h3-5,8-9,11,14,19,21-22,24,26-27,29,32-33,39H,6-7,10,12-13,15-18H2,1-2H3,(H,36,37)/t21-,22?,26?,27?,29-,32?,33?/m1/s1. The number of hydrogen-bond donors (Lipinski definition) is 2. The maximum absolute atomic E-state index is 14.2. The lowest BCUT2D eigenvalue weighted by Gasteiger charge is -2.31. The highest BCUT2D eigenvalue weighted by Crippen LogP contribution is 2.49. The number of nitrogens with one attached hydrogen (secondary N) is 1. The molecular weight excluding hydrogens is 629 g/mol. The zero-order valence-corrected chi connectivity index (χ0v) is 27.4. The Kier molecular flexibility index (Phi) is 9.03. The van der Waals surface area contributed by atoms with Gasteiger partial charge in [-0.2, -0.15) is 9.29 Å². The lowest BCUT2D eigenvalue weighted by molar-refractivity contribution is -0.178. The van der Waals surface area contributed by atoms with Crippen molar-refractivity contribution in [1.29, 1.82) is 0 Å². The lowest BCUT2D eigenvalue weighted by Crippen LogP contribution is -2.43. The van der Waals surface area contributed by atoms with E-state index in [-0.39, 0.29) is 66.9 Å². The van der Waals surface area contributed by atoms with Crippen molar-refractivity contribution >= 4 is 33.1 Å². The molecule has 254 valence electrons. The number of aromatic nitrogens is 1. The molecular formula is C34H42FN3O8S. The number of aliphatic hydroxyl groups excluding tert-OH is 1. The van der Waals surface area contributed by atoms with Crippen LogP contribution < -0.4 is 5.32 Å². The minimum Gasteiger partial charge on any atom is -0.462 e. The minimum absolute atomic E-state index is 0.0136. The summed E-state index contributed by atoms with van der Waals surface area (Å²) in [6.45, 7) is 4.59. The molecule has 47 heavy (non-hydrogen) atoms. The molecule has 1 aromatic heterocycles. The molecule has 7 rings (SSSR count). The number of esters is 1. The first-order valence-electron chi connectivity index (χ1n) is 16.6. The number of oxazole rings is 1. The maximum Gasteiger partial charge on any atom is 0.306 e. The van der Waals surface area contributed by atoms with Crippen LogP contribution in [0.1, 0.15) is 45.1 Å². The van der Waals surface area contributed by atoms with Crippen molar-refractivity contribution in [3.8, 4) is 0 Å². The summed E-state index contributed by atoms with van der Waals surface area (Å²) in [6.07, 6.45) is 1.10. The summed E-state index contributed by atoms with van der Waals surface area (Å²) < 4.78 is 66.9. The molecule has 0 radical (unpaired) electrons. The Morgan fingerprint density at radius 3 is 2.70 bits per heavy atom. The van der Waals surface area contributed by atoms with Gasteiger partial charge in [0.2, 0.25) is 10.0 Å². The van der Waals surface area contributed by atoms with Crippen molar-refractivity contribution in [2.75, 3.05) is 31.6 Å². The molecule has 13 heteroatoms. The number of ether oxygens (including phenoxy) is 3. The lowest BCUT2D eigenvalue weighted by atomic mass is 9.90. The quantitative estimate of drug-likeness (QED) is 0.238. The first kappa shape index (κ1) is 32.4. The van der Waals surface area contributed by atoms with Crippen LogP contribution in [0, 0.1) is 35.4 Å². The topological polar surface area (TPSA) is 140 Å². The molecule has 0 spiro atoms. The van der Waals surface area contributed by atoms with Crippen molar-refractivity contribution in [2.24, 2.45) is 29.6 Å². The van der Waals surface area contributed by atoms with Gasteiger partial charge < -0.3 is 29.1 Å². The van der Waals surface area contributed by atoms with Gasteiger partial charge in [-0.3, -0.25) is 4.79 Å². The Hall–Kier alpha value is -3.10. The summed E-state index contributed by atoms with van der Waals surface area (Å²) in [4.78, 5) is 17.9. The van der Waals surface area contributed by atoms with Crippen molar-refractivity contribution < 1.29 is 41.3 Å². The second kappa shape index (κ2) is 13.1. The molecule has 4 fully saturated rings. The van der Waals surface area contributed by atoms with E-state index in [1.165, 1.54) is 28.6 Å². The van der Waals surface area contributed by atoms with Crippen LogP contribution in [0.5, 0.6) is 0 Å². The number of halogens is 1. The average Bonchev–Trinajstić information content (AvgIpc) is 3.48. The van der Waals surface area contributed by atoms with E-state index in [1.807, 2.05) is 13.8 Å². The van der Waals surface area contributed by atoms with Crippen molar-refractivity contribution in [1.82, 2.24) is 9.29 Å². The van der Waals surface area contributed by atoms with Crippen molar-refractivity contribution in [2.45, 2.75) is 75.4 Å². The van der Waals surface area contributed by atoms with Crippen molar-refractivity contribution in [3.05, 3.63) is 53.8 Å². The molecule has 2 aromatic carbocycles. The highest BCUT2D eigenvalue weighted by molar-refractivity contribution is 7.89. The fourth-order valence-electron chi connectivity index (χ4n) is 7.29. The maximum atomic E-state index is 14.2. The van der Waals surface area contributed by atoms with E-state index in [0.717, 1.165) is 19.3 Å². The minimum atomic E-state index is -4.10. The van der Waals surface area contributed by atoms with Crippen LogP contribution in [-0.4, -0.2) is 79.6 Å². The number of sulfonamides is 1. The van der Waals surface area contributed by atoms with E-state index in [1.54, 1.807) is 18.2 Å². The fraction of sp³-hybridized carbons (Fsp3) is 0.588. The molecule has 3 heterocycles. The molecule has 4 aliphatic rings. The Morgan fingerprint density at radius 2 is 1.94 bits per heavy atom. The summed E-state index contributed by atoms with van der Waals surface area (Å²) in [5.41, 5.74) is 1.46. The predicted octanol–water partition coefficient (Wildman–Crippen LogP) is 4.35. The summed E-state index contributed by atoms with van der Waals surface area (Å²) >= 11 is 0. The number of rotatable bonds is 14. The SMILES string of the molecule is CC(C)CN(C[C@@H](O)[C@@H](CC(=O)OC1C2COC3OCC1C3C2)Cc1cccc(F)c1)S(=O)(=O)c1ccc2nc(NC3CC3)oc2c1. The molecule has 7 atom stereocenters. The fourth-order valence-corrected chi connectivity index (χ4v) is 8.93. The molecule has 2 aliphatic heterocycles. The highest BCUT2D eigenvalue weighted by atomic mass is 32.2. The second-order valence-corrected chi connectivity index (χ2v) is 15.9. The number of benzene rings is 2. The van der Waals surface area contributed by atoms with Crippen LogP contribution in [0.15, 0.2) is 51.8 Å². The van der Waals surface area contributed by atoms with E-state index in [9.17, 15) is 22.7 Å². The molecule has 5 unspecified atom stereocenters. The molecule has 2 saturated carbocycles. The molecule has 11 nitrogen and oxygen atoms in total. The van der Waals surface area contributed by atoms with E-state index in [0.29, 0.717) is 41.9 Å². The van der Waals surface area contributed by atoms with Gasteiger partial charge in [-0.1, -0.05) is 26.0 Å². The summed E-state index contributed by atoms with van der Waals surface area (Å²) in [5.74, 6) is -1.37. The zero-order valence-electron chi connectivity index (χ0n) is 26.6. The third-order valence-electron chi connectivity index (χ3n) is 9.78. The van der Waals surface area contributed by atoms with Gasteiger partial charge in [0.25, 0.3) is 6.01 Å². The number of carbonyl (C=O) groups excluding carboxylic acids is 1. The van der Waals surface area contributed by atoms with Crippen LogP contribution in [0.4, 0.5) is 10.4 Å². The van der Waals surface area contributed by atoms with Gasteiger partial charge in [0.1, 0.15) is 17.4 Å². The van der Waals surface area contributed by atoms with E-state index in [4.69, 9.17) is 18.6 Å². The normalized spacial score (nSPS) is 26.6. The van der Waals surface area contributed by atoms with Crippen LogP contribution in [0.2, 0.25) is 0 Å². The third kappa shape index (κ3) is 7.05. The first-order valence-corrected chi connectivity index (χ1v) is 18.0. The number of carbonyl (C=O) groups is 1. The molecule has 3 aromatic rings. The van der Waals surface area contributed by atoms with Gasteiger partial charge in [0.15, 0.2) is 11.9 Å². The Labute approximate surface area is 273 Å². The van der Waals surface area contributed by atoms with Gasteiger partial charge in [0, 0.05) is 48.9 Å². The monoisotopic (exact) mass is 671 g/mol. The molecule has 2 bridgehead atoms. The van der Waals surface area contributed by atoms with Crippen LogP contribution in [0.25, 0.3) is 11.1 Å². The number of fused-ring (bicyclic) bond motifs is 2. The van der Waals surface area contributed by atoms with Crippen LogP contribution in [-0.2, 0) is 35.4 Å². The van der Waals surface area contributed by atoms with Gasteiger partial charge in [-0.05, 0) is 61.4 Å². The van der Waals surface area contributed by atoms with Crippen molar-refractivity contribution in [3.63, 3.8) is 0 Å². The smallest absolute Gasteiger partial charge is 0.306 e. The van der Waals surface area contributed by atoms with Crippen LogP contribution >= 0.6 is 0 Å². The van der Waals surface area contributed by atoms with Gasteiger partial charge in [-0.15, -0.1) is 0 Å². The van der Waals surface area contributed by atoms with E-state index < -0.39 is 33.8 Å². The third-order valence-corrected chi connectivity index (χ3v) is 11.6. The second-order valence-electron chi connectivity index (χ2n) is 14.0. The predicted molar refractivity (Wildman–Crippen MR) is 169 cm³/mol. The first-order chi connectivity index (χ1) is 22.5. The number of aliphatic hydroxyl groups is 1. The Morgan fingerprint density at radius 1 is 1.13 bits per heavy atom. The van der Waals surface area contributed by atoms with Crippen LogP contribution in [0.3, 0.4) is 0 Å². The number of nitrogens with zero attached hydrogens (tertiary/aromatic N) is 2. The van der Waals surface area contributed by atoms with Gasteiger partial charge in [-0.25, -0.2) is 12.8 Å². The summed E-state index contributed by atoms with van der Waals surface area (Å²) in [6, 6.07) is 11.2. The summed E-state index contributed by atoms with van der Waals surface area (Å²) in [5, 5.41) is 14.9. The van der Waals surface area contributed by atoms with Gasteiger partial charge >= 0.3 is 5.97 Å². The average molecular weight is 672 g/mol. The molecule has 2 saturated heterocycles. The van der Waals surface area contributed by atoms with E-state index in [2.05, 4.69) is 10.3 Å². The molecule has 2 aliphatic carbocycles.